The largest absolute Gasteiger partial charge is 0.497 e. The number of hydrogen-bond acceptors (Lipinski definition) is 3. The minimum atomic E-state index is 0.274. The van der Waals surface area contributed by atoms with Gasteiger partial charge in [0, 0.05) is 36.9 Å². The van der Waals surface area contributed by atoms with E-state index in [9.17, 15) is 0 Å². The Morgan fingerprint density at radius 2 is 1.83 bits per heavy atom. The monoisotopic (exact) mass is 401 g/mol. The third kappa shape index (κ3) is 3.64. The number of ether oxygens (including phenoxy) is 2. The maximum absolute atomic E-state index is 7.29. The Morgan fingerprint density at radius 1 is 1.03 bits per heavy atom. The fourth-order valence-corrected chi connectivity index (χ4v) is 5.00. The Morgan fingerprint density at radius 3 is 2.60 bits per heavy atom. The van der Waals surface area contributed by atoms with Gasteiger partial charge in [0.2, 0.25) is 0 Å². The summed E-state index contributed by atoms with van der Waals surface area (Å²) < 4.78 is 11.4. The van der Waals surface area contributed by atoms with Crippen LogP contribution < -0.4 is 9.47 Å². The van der Waals surface area contributed by atoms with E-state index in [1.54, 1.807) is 7.11 Å². The summed E-state index contributed by atoms with van der Waals surface area (Å²) in [5.74, 6) is 2.31. The molecule has 2 aliphatic rings. The number of aromatic amines is 1. The summed E-state index contributed by atoms with van der Waals surface area (Å²) in [4.78, 5) is 9.57. The van der Waals surface area contributed by atoms with E-state index in [0.717, 1.165) is 35.8 Å². The van der Waals surface area contributed by atoms with E-state index in [1.807, 2.05) is 42.5 Å². The quantitative estimate of drug-likeness (QED) is 0.573. The Hall–Kier alpha value is -2.97. The number of aromatic nitrogens is 1. The van der Waals surface area contributed by atoms with Gasteiger partial charge >= 0.3 is 0 Å². The van der Waals surface area contributed by atoms with Gasteiger partial charge in [-0.1, -0.05) is 12.1 Å². The van der Waals surface area contributed by atoms with Crippen LogP contribution in [-0.4, -0.2) is 42.2 Å². The van der Waals surface area contributed by atoms with Crippen molar-refractivity contribution in [2.75, 3.05) is 20.2 Å². The highest BCUT2D eigenvalue weighted by Gasteiger charge is 2.36. The molecule has 0 bridgehead atoms. The van der Waals surface area contributed by atoms with Gasteiger partial charge in [-0.15, -0.1) is 0 Å². The van der Waals surface area contributed by atoms with Crippen LogP contribution in [0.3, 0.4) is 0 Å². The molecule has 154 valence electrons. The summed E-state index contributed by atoms with van der Waals surface area (Å²) in [6, 6.07) is 14.5. The fourth-order valence-electron chi connectivity index (χ4n) is 5.00. The molecule has 0 unspecified atom stereocenters. The van der Waals surface area contributed by atoms with Gasteiger partial charge in [-0.3, -0.25) is 4.90 Å². The zero-order chi connectivity index (χ0) is 20.5. The normalized spacial score (nSPS) is 22.4. The fraction of sp³-hybridized carbons (Fsp3) is 0.400. The number of H-pyrrole nitrogens is 1. The minimum absolute atomic E-state index is 0.274. The van der Waals surface area contributed by atoms with Crippen LogP contribution in [-0.2, 0) is 0 Å². The molecule has 1 saturated heterocycles. The lowest BCUT2D eigenvalue weighted by Gasteiger charge is -2.46. The van der Waals surface area contributed by atoms with E-state index in [-0.39, 0.29) is 6.10 Å². The lowest BCUT2D eigenvalue weighted by molar-refractivity contribution is -0.0202. The van der Waals surface area contributed by atoms with Crippen LogP contribution in [0.2, 0.25) is 0 Å². The summed E-state index contributed by atoms with van der Waals surface area (Å²) in [6.45, 7) is 9.30. The molecule has 1 aromatic heterocycles. The summed E-state index contributed by atoms with van der Waals surface area (Å²) in [5, 5.41) is 1.22. The molecule has 5 rings (SSSR count). The van der Waals surface area contributed by atoms with E-state index in [4.69, 9.17) is 16.0 Å². The van der Waals surface area contributed by atoms with Crippen molar-refractivity contribution >= 4 is 16.6 Å². The molecular weight excluding hydrogens is 374 g/mol. The van der Waals surface area contributed by atoms with Crippen molar-refractivity contribution in [1.82, 2.24) is 9.88 Å². The number of benzene rings is 2. The van der Waals surface area contributed by atoms with Gasteiger partial charge in [0.1, 0.15) is 17.6 Å². The zero-order valence-corrected chi connectivity index (χ0v) is 17.3. The van der Waals surface area contributed by atoms with Gasteiger partial charge in [0.25, 0.3) is 0 Å². The average molecular weight is 402 g/mol. The predicted octanol–water partition coefficient (Wildman–Crippen LogP) is 5.52. The Bertz CT molecular complexity index is 1070. The van der Waals surface area contributed by atoms with Crippen LogP contribution in [0.15, 0.2) is 48.7 Å². The molecule has 2 aromatic carbocycles. The van der Waals surface area contributed by atoms with E-state index in [1.165, 1.54) is 36.6 Å². The van der Waals surface area contributed by atoms with Crippen molar-refractivity contribution in [3.63, 3.8) is 0 Å². The lowest BCUT2D eigenvalue weighted by Crippen LogP contribution is -2.58. The van der Waals surface area contributed by atoms with Gasteiger partial charge in [-0.05, 0) is 66.8 Å². The maximum Gasteiger partial charge on any atom is 0.187 e. The van der Waals surface area contributed by atoms with E-state index in [2.05, 4.69) is 20.9 Å². The molecule has 0 radical (unpaired) electrons. The Balaban J connectivity index is 1.15. The van der Waals surface area contributed by atoms with Crippen LogP contribution >= 0.6 is 0 Å². The first-order valence-electron chi connectivity index (χ1n) is 10.8. The van der Waals surface area contributed by atoms with Crippen LogP contribution in [0, 0.1) is 6.57 Å². The van der Waals surface area contributed by atoms with Crippen molar-refractivity contribution in [1.29, 1.82) is 0 Å². The first kappa shape index (κ1) is 19.0. The number of fused-ring (bicyclic) bond motifs is 1. The Kier molecular flexibility index (Phi) is 5.10. The second kappa shape index (κ2) is 8.04. The number of methoxy groups -OCH3 is 1. The number of likely N-dealkylation sites (tertiary alicyclic amines) is 1. The number of hydrogen-bond donors (Lipinski definition) is 1. The average Bonchev–Trinajstić information content (AvgIpc) is 3.19. The first-order chi connectivity index (χ1) is 14.7. The van der Waals surface area contributed by atoms with Gasteiger partial charge in [-0.25, -0.2) is 4.85 Å². The molecule has 3 aromatic rings. The molecule has 1 aliphatic carbocycles. The standard InChI is InChI=1S/C25H27N3O2/c1-26-18-8-11-25-23(12-18)24(14-27-25)17-6-9-19(10-7-17)28-15-22(16-28)30-21-5-3-4-20(13-21)29-2/h3-5,8,11-14,17,19,22,27H,6-7,9-10,15-16H2,2H3. The predicted molar refractivity (Wildman–Crippen MR) is 119 cm³/mol. The smallest absolute Gasteiger partial charge is 0.187 e. The summed E-state index contributed by atoms with van der Waals surface area (Å²) in [7, 11) is 1.68. The third-order valence-electron chi connectivity index (χ3n) is 6.70. The summed E-state index contributed by atoms with van der Waals surface area (Å²) in [6.07, 6.45) is 7.30. The molecule has 30 heavy (non-hydrogen) atoms. The number of nitrogens with one attached hydrogen (secondary N) is 1. The van der Waals surface area contributed by atoms with Crippen molar-refractivity contribution in [3.05, 3.63) is 65.6 Å². The van der Waals surface area contributed by atoms with Gasteiger partial charge in [-0.2, -0.15) is 0 Å². The maximum atomic E-state index is 7.29. The van der Waals surface area contributed by atoms with Crippen LogP contribution in [0.25, 0.3) is 15.7 Å². The zero-order valence-electron chi connectivity index (χ0n) is 17.3. The highest BCUT2D eigenvalue weighted by atomic mass is 16.5. The molecule has 1 saturated carbocycles. The molecule has 0 amide bonds. The number of nitrogens with zero attached hydrogens (tertiary/aromatic N) is 2. The first-order valence-corrected chi connectivity index (χ1v) is 10.8. The van der Waals surface area contributed by atoms with Crippen molar-refractivity contribution in [2.45, 2.75) is 43.7 Å². The molecule has 0 spiro atoms. The Labute approximate surface area is 177 Å². The third-order valence-corrected chi connectivity index (χ3v) is 6.70. The van der Waals surface area contributed by atoms with Crippen LogP contribution in [0.4, 0.5) is 5.69 Å². The van der Waals surface area contributed by atoms with Crippen molar-refractivity contribution in [3.8, 4) is 11.5 Å². The van der Waals surface area contributed by atoms with E-state index >= 15 is 0 Å². The molecule has 1 N–H and O–H groups in total. The van der Waals surface area contributed by atoms with Gasteiger partial charge in [0.15, 0.2) is 5.69 Å². The molecule has 1 aliphatic heterocycles. The number of rotatable bonds is 5. The molecule has 5 heteroatoms. The van der Waals surface area contributed by atoms with Crippen molar-refractivity contribution < 1.29 is 9.47 Å². The second-order valence-corrected chi connectivity index (χ2v) is 8.46. The van der Waals surface area contributed by atoms with E-state index < -0.39 is 0 Å². The highest BCUT2D eigenvalue weighted by Crippen LogP contribution is 2.39. The minimum Gasteiger partial charge on any atom is -0.497 e. The summed E-state index contributed by atoms with van der Waals surface area (Å²) in [5.41, 5.74) is 3.25. The molecular formula is C25H27N3O2. The lowest BCUT2D eigenvalue weighted by atomic mass is 9.80. The van der Waals surface area contributed by atoms with Gasteiger partial charge in [0.05, 0.1) is 13.7 Å². The van der Waals surface area contributed by atoms with Crippen LogP contribution in [0.1, 0.15) is 37.2 Å². The molecule has 2 fully saturated rings. The molecule has 0 atom stereocenters. The van der Waals surface area contributed by atoms with Gasteiger partial charge < -0.3 is 14.5 Å². The topological polar surface area (TPSA) is 41.9 Å². The summed E-state index contributed by atoms with van der Waals surface area (Å²) >= 11 is 0. The van der Waals surface area contributed by atoms with E-state index in [0.29, 0.717) is 12.0 Å². The molecule has 2 heterocycles. The van der Waals surface area contributed by atoms with Crippen LogP contribution in [0.5, 0.6) is 11.5 Å². The highest BCUT2D eigenvalue weighted by molar-refractivity contribution is 5.87. The molecule has 5 nitrogen and oxygen atoms in total. The van der Waals surface area contributed by atoms with Crippen molar-refractivity contribution in [2.24, 2.45) is 0 Å². The second-order valence-electron chi connectivity index (χ2n) is 8.46. The SMILES string of the molecule is [C-]#[N+]c1ccc2[nH]cc(C3CCC(N4CC(Oc5cccc(OC)c5)C4)CC3)c2c1.